The monoisotopic (exact) mass is 268 g/mol. The molecule has 6 nitrogen and oxygen atoms in total. The van der Waals surface area contributed by atoms with E-state index < -0.39 is 0 Å². The highest BCUT2D eigenvalue weighted by molar-refractivity contribution is 5.19. The van der Waals surface area contributed by atoms with Gasteiger partial charge in [-0.25, -0.2) is 9.67 Å². The van der Waals surface area contributed by atoms with Crippen molar-refractivity contribution in [2.75, 3.05) is 5.73 Å². The van der Waals surface area contributed by atoms with E-state index in [0.717, 1.165) is 30.8 Å². The van der Waals surface area contributed by atoms with Crippen molar-refractivity contribution in [3.05, 3.63) is 59.7 Å². The van der Waals surface area contributed by atoms with Crippen LogP contribution in [0.1, 0.15) is 17.0 Å². The van der Waals surface area contributed by atoms with E-state index in [1.54, 1.807) is 0 Å². The van der Waals surface area contributed by atoms with Gasteiger partial charge in [-0.1, -0.05) is 35.5 Å². The summed E-state index contributed by atoms with van der Waals surface area (Å²) in [5.41, 5.74) is 8.66. The summed E-state index contributed by atoms with van der Waals surface area (Å²) in [6.45, 7) is 0.739. The molecule has 0 aliphatic rings. The first-order valence-electron chi connectivity index (χ1n) is 6.52. The Hall–Kier alpha value is -2.63. The maximum absolute atomic E-state index is 5.54. The lowest BCUT2D eigenvalue weighted by Gasteiger charge is -1.99. The van der Waals surface area contributed by atoms with Crippen LogP contribution in [-0.2, 0) is 19.4 Å². The van der Waals surface area contributed by atoms with Gasteiger partial charge in [0.1, 0.15) is 0 Å². The predicted molar refractivity (Wildman–Crippen MR) is 76.0 cm³/mol. The summed E-state index contributed by atoms with van der Waals surface area (Å²) in [6, 6.07) is 10.2. The van der Waals surface area contributed by atoms with Gasteiger partial charge in [-0.3, -0.25) is 0 Å². The summed E-state index contributed by atoms with van der Waals surface area (Å²) >= 11 is 0. The number of aromatic amines is 1. The van der Waals surface area contributed by atoms with Crippen molar-refractivity contribution in [1.82, 2.24) is 25.0 Å². The first-order valence-corrected chi connectivity index (χ1v) is 6.52. The zero-order chi connectivity index (χ0) is 13.8. The Labute approximate surface area is 116 Å². The molecule has 0 spiro atoms. The van der Waals surface area contributed by atoms with Gasteiger partial charge in [0.15, 0.2) is 5.95 Å². The highest BCUT2D eigenvalue weighted by Gasteiger charge is 2.04. The number of aryl methyl sites for hydroxylation is 2. The Morgan fingerprint density at radius 1 is 1.10 bits per heavy atom. The fraction of sp³-hybridized carbons (Fsp3) is 0.214. The normalized spacial score (nSPS) is 10.8. The fourth-order valence-electron chi connectivity index (χ4n) is 2.06. The number of benzene rings is 1. The molecule has 0 amide bonds. The molecule has 2 heterocycles. The smallest absolute Gasteiger partial charge is 0.197 e. The number of anilines is 1. The van der Waals surface area contributed by atoms with Gasteiger partial charge in [0.2, 0.25) is 0 Å². The zero-order valence-electron chi connectivity index (χ0n) is 11.0. The lowest BCUT2D eigenvalue weighted by Crippen LogP contribution is -1.99. The molecule has 0 radical (unpaired) electrons. The molecule has 0 unspecified atom stereocenters. The minimum Gasteiger partial charge on any atom is -0.369 e. The van der Waals surface area contributed by atoms with Crippen molar-refractivity contribution in [1.29, 1.82) is 0 Å². The molecule has 3 N–H and O–H groups in total. The van der Waals surface area contributed by atoms with E-state index in [2.05, 4.69) is 32.4 Å². The van der Waals surface area contributed by atoms with Crippen LogP contribution in [0.25, 0.3) is 0 Å². The summed E-state index contributed by atoms with van der Waals surface area (Å²) in [7, 11) is 0. The Morgan fingerprint density at radius 3 is 2.65 bits per heavy atom. The average Bonchev–Trinajstić information content (AvgIpc) is 3.07. The van der Waals surface area contributed by atoms with E-state index in [0.29, 0.717) is 5.95 Å². The Kier molecular flexibility index (Phi) is 3.45. The number of aromatic nitrogens is 5. The molecule has 0 bridgehead atoms. The first-order chi connectivity index (χ1) is 9.79. The summed E-state index contributed by atoms with van der Waals surface area (Å²) in [6.07, 6.45) is 5.41. The molecule has 6 heteroatoms. The molecule has 3 rings (SSSR count). The Bertz CT molecular complexity index is 670. The van der Waals surface area contributed by atoms with Crippen LogP contribution >= 0.6 is 0 Å². The van der Waals surface area contributed by atoms with Gasteiger partial charge in [0, 0.05) is 12.4 Å². The van der Waals surface area contributed by atoms with Crippen LogP contribution in [0.5, 0.6) is 0 Å². The molecule has 0 fully saturated rings. The van der Waals surface area contributed by atoms with Crippen LogP contribution < -0.4 is 5.73 Å². The molecule has 0 saturated heterocycles. The lowest BCUT2D eigenvalue weighted by atomic mass is 10.2. The number of imidazole rings is 1. The van der Waals surface area contributed by atoms with Crippen molar-refractivity contribution in [3.63, 3.8) is 0 Å². The van der Waals surface area contributed by atoms with E-state index in [1.807, 2.05) is 35.3 Å². The summed E-state index contributed by atoms with van der Waals surface area (Å²) in [5, 5.41) is 8.32. The number of hydrogen-bond acceptors (Lipinski definition) is 4. The van der Waals surface area contributed by atoms with Gasteiger partial charge >= 0.3 is 0 Å². The SMILES string of the molecule is Nc1nc(CCc2cn(Cc3ccccc3)nn2)c[nH]1. The predicted octanol–water partition coefficient (Wildman–Crippen LogP) is 1.42. The molecule has 0 atom stereocenters. The Morgan fingerprint density at radius 2 is 1.90 bits per heavy atom. The van der Waals surface area contributed by atoms with Gasteiger partial charge in [-0.05, 0) is 18.4 Å². The van der Waals surface area contributed by atoms with Crippen LogP contribution in [0, 0.1) is 0 Å². The maximum Gasteiger partial charge on any atom is 0.197 e. The second-order valence-electron chi connectivity index (χ2n) is 4.67. The third kappa shape index (κ3) is 3.03. The molecule has 0 aliphatic carbocycles. The van der Waals surface area contributed by atoms with E-state index >= 15 is 0 Å². The number of nitrogens with zero attached hydrogens (tertiary/aromatic N) is 4. The minimum absolute atomic E-state index is 0.452. The van der Waals surface area contributed by atoms with Crippen molar-refractivity contribution >= 4 is 5.95 Å². The first kappa shape index (κ1) is 12.4. The second-order valence-corrected chi connectivity index (χ2v) is 4.67. The van der Waals surface area contributed by atoms with Crippen molar-refractivity contribution in [2.24, 2.45) is 0 Å². The minimum atomic E-state index is 0.452. The quantitative estimate of drug-likeness (QED) is 0.732. The van der Waals surface area contributed by atoms with E-state index in [-0.39, 0.29) is 0 Å². The van der Waals surface area contributed by atoms with E-state index in [4.69, 9.17) is 5.73 Å². The molecule has 20 heavy (non-hydrogen) atoms. The van der Waals surface area contributed by atoms with Crippen LogP contribution in [0.3, 0.4) is 0 Å². The third-order valence-electron chi connectivity index (χ3n) is 3.06. The highest BCUT2D eigenvalue weighted by atomic mass is 15.4. The molecule has 1 aromatic carbocycles. The molecular formula is C14H16N6. The highest BCUT2D eigenvalue weighted by Crippen LogP contribution is 2.06. The molecule has 2 aromatic heterocycles. The summed E-state index contributed by atoms with van der Waals surface area (Å²) in [5.74, 6) is 0.452. The molecule has 102 valence electrons. The number of nitrogens with two attached hydrogens (primary N) is 1. The summed E-state index contributed by atoms with van der Waals surface area (Å²) in [4.78, 5) is 7.04. The number of hydrogen-bond donors (Lipinski definition) is 2. The molecule has 0 saturated carbocycles. The van der Waals surface area contributed by atoms with Gasteiger partial charge in [-0.15, -0.1) is 5.10 Å². The molecule has 0 aliphatic heterocycles. The van der Waals surface area contributed by atoms with Gasteiger partial charge in [-0.2, -0.15) is 0 Å². The van der Waals surface area contributed by atoms with Crippen molar-refractivity contribution in [3.8, 4) is 0 Å². The third-order valence-corrected chi connectivity index (χ3v) is 3.06. The second kappa shape index (κ2) is 5.56. The largest absolute Gasteiger partial charge is 0.369 e. The average molecular weight is 268 g/mol. The molecular weight excluding hydrogens is 252 g/mol. The van der Waals surface area contributed by atoms with Crippen molar-refractivity contribution in [2.45, 2.75) is 19.4 Å². The van der Waals surface area contributed by atoms with Gasteiger partial charge in [0.25, 0.3) is 0 Å². The number of rotatable bonds is 5. The van der Waals surface area contributed by atoms with Crippen LogP contribution in [-0.4, -0.2) is 25.0 Å². The fourth-order valence-corrected chi connectivity index (χ4v) is 2.06. The number of H-pyrrole nitrogens is 1. The standard InChI is InChI=1S/C14H16N6/c15-14-16-8-12(17-14)6-7-13-10-20(19-18-13)9-11-4-2-1-3-5-11/h1-5,8,10H,6-7,9H2,(H3,15,16,17). The maximum atomic E-state index is 5.54. The van der Waals surface area contributed by atoms with Crippen LogP contribution in [0.2, 0.25) is 0 Å². The lowest BCUT2D eigenvalue weighted by molar-refractivity contribution is 0.649. The molecule has 3 aromatic rings. The van der Waals surface area contributed by atoms with Gasteiger partial charge < -0.3 is 10.7 Å². The Balaban J connectivity index is 1.59. The zero-order valence-corrected chi connectivity index (χ0v) is 11.0. The number of nitrogen functional groups attached to an aromatic ring is 1. The topological polar surface area (TPSA) is 85.4 Å². The van der Waals surface area contributed by atoms with Crippen LogP contribution in [0.15, 0.2) is 42.7 Å². The number of nitrogens with one attached hydrogen (secondary N) is 1. The van der Waals surface area contributed by atoms with Crippen molar-refractivity contribution < 1.29 is 0 Å². The van der Waals surface area contributed by atoms with Crippen LogP contribution in [0.4, 0.5) is 5.95 Å². The van der Waals surface area contributed by atoms with Gasteiger partial charge in [0.05, 0.1) is 17.9 Å². The summed E-state index contributed by atoms with van der Waals surface area (Å²) < 4.78 is 1.85. The van der Waals surface area contributed by atoms with E-state index in [1.165, 1.54) is 5.56 Å². The van der Waals surface area contributed by atoms with E-state index in [9.17, 15) is 0 Å².